The molecule has 0 aliphatic rings. The Morgan fingerprint density at radius 3 is 1.86 bits per heavy atom. The van der Waals surface area contributed by atoms with Crippen LogP contribution in [-0.4, -0.2) is 0 Å². The molecule has 0 nitrogen and oxygen atoms in total. The highest BCUT2D eigenvalue weighted by Gasteiger charge is 1.92. The number of allylic oxidation sites excluding steroid dienone is 2. The van der Waals surface area contributed by atoms with Crippen LogP contribution in [0.2, 0.25) is 0 Å². The van der Waals surface area contributed by atoms with Gasteiger partial charge in [0.2, 0.25) is 0 Å². The standard InChI is InChI=1S/C14H28/c1-13(2)11-9-7-5-6-8-10-12-14(3)4/h5,7,13-14H,6,8-12H2,1-4H3/b7-5+. The summed E-state index contributed by atoms with van der Waals surface area (Å²) in [7, 11) is 0. The minimum absolute atomic E-state index is 0.848. The van der Waals surface area contributed by atoms with Crippen LogP contribution in [0, 0.1) is 11.8 Å². The predicted octanol–water partition coefficient (Wildman–Crippen LogP) is 5.20. The van der Waals surface area contributed by atoms with E-state index in [9.17, 15) is 0 Å². The summed E-state index contributed by atoms with van der Waals surface area (Å²) < 4.78 is 0. The van der Waals surface area contributed by atoms with Crippen LogP contribution in [0.1, 0.15) is 66.2 Å². The third-order valence-electron chi connectivity index (χ3n) is 2.48. The van der Waals surface area contributed by atoms with Crippen LogP contribution in [0.3, 0.4) is 0 Å². The second kappa shape index (κ2) is 9.30. The topological polar surface area (TPSA) is 0 Å². The molecule has 0 spiro atoms. The minimum atomic E-state index is 0.848. The number of unbranched alkanes of at least 4 members (excludes halogenated alkanes) is 2. The van der Waals surface area contributed by atoms with E-state index < -0.39 is 0 Å². The largest absolute Gasteiger partial charge is 0.0885 e. The van der Waals surface area contributed by atoms with Crippen LogP contribution < -0.4 is 0 Å². The first-order valence-electron chi connectivity index (χ1n) is 6.28. The van der Waals surface area contributed by atoms with Gasteiger partial charge in [-0.05, 0) is 37.5 Å². The average molecular weight is 196 g/mol. The van der Waals surface area contributed by atoms with Crippen molar-refractivity contribution in [2.75, 3.05) is 0 Å². The molecule has 84 valence electrons. The van der Waals surface area contributed by atoms with E-state index in [1.165, 1.54) is 38.5 Å². The molecule has 0 aromatic heterocycles. The zero-order chi connectivity index (χ0) is 10.8. The second-order valence-corrected chi connectivity index (χ2v) is 5.12. The lowest BCUT2D eigenvalue weighted by molar-refractivity contribution is 0.540. The molecular weight excluding hydrogens is 168 g/mol. The van der Waals surface area contributed by atoms with Crippen molar-refractivity contribution in [1.82, 2.24) is 0 Å². The summed E-state index contributed by atoms with van der Waals surface area (Å²) >= 11 is 0. The van der Waals surface area contributed by atoms with E-state index in [1.807, 2.05) is 0 Å². The molecule has 0 saturated carbocycles. The van der Waals surface area contributed by atoms with Crippen LogP contribution in [0.25, 0.3) is 0 Å². The van der Waals surface area contributed by atoms with Crippen LogP contribution in [0.15, 0.2) is 12.2 Å². The predicted molar refractivity (Wildman–Crippen MR) is 66.5 cm³/mol. The van der Waals surface area contributed by atoms with Crippen molar-refractivity contribution >= 4 is 0 Å². The van der Waals surface area contributed by atoms with Crippen LogP contribution in [0.4, 0.5) is 0 Å². The fraction of sp³-hybridized carbons (Fsp3) is 0.857. The highest BCUT2D eigenvalue weighted by atomic mass is 14.0. The molecule has 0 unspecified atom stereocenters. The van der Waals surface area contributed by atoms with E-state index >= 15 is 0 Å². The molecule has 0 N–H and O–H groups in total. The summed E-state index contributed by atoms with van der Waals surface area (Å²) in [5.41, 5.74) is 0. The molecule has 0 heterocycles. The molecular formula is C14H28. The molecule has 0 aliphatic carbocycles. The van der Waals surface area contributed by atoms with E-state index in [4.69, 9.17) is 0 Å². The van der Waals surface area contributed by atoms with Gasteiger partial charge in [0, 0.05) is 0 Å². The molecule has 0 rings (SSSR count). The van der Waals surface area contributed by atoms with Crippen LogP contribution in [-0.2, 0) is 0 Å². The SMILES string of the molecule is CC(C)CC/C=C/CCCCC(C)C. The van der Waals surface area contributed by atoms with Gasteiger partial charge >= 0.3 is 0 Å². The smallest absolute Gasteiger partial charge is 0.0348 e. The first-order chi connectivity index (χ1) is 6.63. The summed E-state index contributed by atoms with van der Waals surface area (Å²) in [6.07, 6.45) is 12.8. The first kappa shape index (κ1) is 13.7. The van der Waals surface area contributed by atoms with Gasteiger partial charge in [-0.3, -0.25) is 0 Å². The van der Waals surface area contributed by atoms with Crippen LogP contribution >= 0.6 is 0 Å². The third-order valence-corrected chi connectivity index (χ3v) is 2.48. The van der Waals surface area contributed by atoms with E-state index in [0.29, 0.717) is 0 Å². The van der Waals surface area contributed by atoms with Crippen molar-refractivity contribution in [2.45, 2.75) is 66.2 Å². The Bertz CT molecular complexity index is 131. The zero-order valence-electron chi connectivity index (χ0n) is 10.6. The molecule has 0 saturated heterocycles. The van der Waals surface area contributed by atoms with Gasteiger partial charge in [0.15, 0.2) is 0 Å². The lowest BCUT2D eigenvalue weighted by Crippen LogP contribution is -1.86. The lowest BCUT2D eigenvalue weighted by Gasteiger charge is -2.02. The van der Waals surface area contributed by atoms with Gasteiger partial charge in [-0.25, -0.2) is 0 Å². The fourth-order valence-electron chi connectivity index (χ4n) is 1.48. The molecule has 0 aromatic rings. The summed E-state index contributed by atoms with van der Waals surface area (Å²) in [4.78, 5) is 0. The highest BCUT2D eigenvalue weighted by molar-refractivity contribution is 4.81. The number of hydrogen-bond acceptors (Lipinski definition) is 0. The van der Waals surface area contributed by atoms with Crippen molar-refractivity contribution < 1.29 is 0 Å². The number of hydrogen-bond donors (Lipinski definition) is 0. The monoisotopic (exact) mass is 196 g/mol. The Balaban J connectivity index is 3.11. The van der Waals surface area contributed by atoms with Gasteiger partial charge in [0.1, 0.15) is 0 Å². The van der Waals surface area contributed by atoms with Gasteiger partial charge in [-0.2, -0.15) is 0 Å². The van der Waals surface area contributed by atoms with Gasteiger partial charge in [-0.15, -0.1) is 0 Å². The Morgan fingerprint density at radius 2 is 1.29 bits per heavy atom. The van der Waals surface area contributed by atoms with Crippen molar-refractivity contribution in [3.63, 3.8) is 0 Å². The van der Waals surface area contributed by atoms with Gasteiger partial charge < -0.3 is 0 Å². The summed E-state index contributed by atoms with van der Waals surface area (Å²) in [6, 6.07) is 0. The quantitative estimate of drug-likeness (QED) is 0.370. The van der Waals surface area contributed by atoms with E-state index in [0.717, 1.165) is 11.8 Å². The van der Waals surface area contributed by atoms with E-state index in [2.05, 4.69) is 39.8 Å². The minimum Gasteiger partial charge on any atom is -0.0885 e. The average Bonchev–Trinajstić information content (AvgIpc) is 2.08. The molecule has 0 aliphatic heterocycles. The maximum absolute atomic E-state index is 2.36. The van der Waals surface area contributed by atoms with Crippen molar-refractivity contribution in [2.24, 2.45) is 11.8 Å². The molecule has 0 heteroatoms. The zero-order valence-corrected chi connectivity index (χ0v) is 10.6. The summed E-state index contributed by atoms with van der Waals surface area (Å²) in [5, 5.41) is 0. The normalized spacial score (nSPS) is 12.1. The molecule has 0 bridgehead atoms. The lowest BCUT2D eigenvalue weighted by atomic mass is 10.0. The van der Waals surface area contributed by atoms with E-state index in [-0.39, 0.29) is 0 Å². The van der Waals surface area contributed by atoms with Crippen molar-refractivity contribution in [1.29, 1.82) is 0 Å². The third kappa shape index (κ3) is 11.7. The molecule has 0 radical (unpaired) electrons. The van der Waals surface area contributed by atoms with Gasteiger partial charge in [-0.1, -0.05) is 52.7 Å². The maximum atomic E-state index is 2.36. The Hall–Kier alpha value is -0.260. The molecule has 0 aromatic carbocycles. The number of rotatable bonds is 8. The Labute approximate surface area is 90.8 Å². The molecule has 0 fully saturated rings. The first-order valence-corrected chi connectivity index (χ1v) is 6.28. The van der Waals surface area contributed by atoms with Gasteiger partial charge in [0.25, 0.3) is 0 Å². The summed E-state index contributed by atoms with van der Waals surface area (Å²) in [6.45, 7) is 9.18. The highest BCUT2D eigenvalue weighted by Crippen LogP contribution is 2.09. The fourth-order valence-corrected chi connectivity index (χ4v) is 1.48. The Morgan fingerprint density at radius 1 is 0.714 bits per heavy atom. The summed E-state index contributed by atoms with van der Waals surface area (Å²) in [5.74, 6) is 1.72. The second-order valence-electron chi connectivity index (χ2n) is 5.12. The van der Waals surface area contributed by atoms with Gasteiger partial charge in [0.05, 0.1) is 0 Å². The van der Waals surface area contributed by atoms with Crippen molar-refractivity contribution in [3.8, 4) is 0 Å². The molecule has 14 heavy (non-hydrogen) atoms. The molecule has 0 amide bonds. The van der Waals surface area contributed by atoms with Crippen molar-refractivity contribution in [3.05, 3.63) is 12.2 Å². The molecule has 0 atom stereocenters. The van der Waals surface area contributed by atoms with E-state index in [1.54, 1.807) is 0 Å². The van der Waals surface area contributed by atoms with Crippen LogP contribution in [0.5, 0.6) is 0 Å². The maximum Gasteiger partial charge on any atom is -0.0348 e. The Kier molecular flexibility index (Phi) is 9.13.